The number of benzene rings is 1. The van der Waals surface area contributed by atoms with Gasteiger partial charge < -0.3 is 15.7 Å². The van der Waals surface area contributed by atoms with Crippen LogP contribution in [-0.4, -0.2) is 38.8 Å². The number of phenolic OH excluding ortho intramolecular Hbond substituents is 1. The Morgan fingerprint density at radius 2 is 2.06 bits per heavy atom. The van der Waals surface area contributed by atoms with Gasteiger partial charge in [-0.3, -0.25) is 4.79 Å². The minimum Gasteiger partial charge on any atom is -0.506 e. The van der Waals surface area contributed by atoms with Crippen molar-refractivity contribution in [3.05, 3.63) is 18.2 Å². The first kappa shape index (κ1) is 14.5. The highest BCUT2D eigenvalue weighted by atomic mass is 32.2. The summed E-state index contributed by atoms with van der Waals surface area (Å²) in [6, 6.07) is 3.81. The summed E-state index contributed by atoms with van der Waals surface area (Å²) in [5, 5.41) is 14.6. The maximum atomic E-state index is 11.7. The molecule has 0 aromatic heterocycles. The smallest absolute Gasteiger partial charge is 0.238 e. The number of likely N-dealkylation sites (N-methyl/N-ethyl adjacent to an activating group) is 1. The topological polar surface area (TPSA) is 95.5 Å². The van der Waals surface area contributed by atoms with E-state index in [4.69, 9.17) is 0 Å². The number of hydrogen-bond acceptors (Lipinski definition) is 5. The summed E-state index contributed by atoms with van der Waals surface area (Å²) in [7, 11) is -1.76. The number of sulfone groups is 1. The maximum Gasteiger partial charge on any atom is 0.238 e. The quantitative estimate of drug-likeness (QED) is 0.672. The van der Waals surface area contributed by atoms with Crippen molar-refractivity contribution in [2.75, 3.05) is 24.7 Å². The number of anilines is 1. The van der Waals surface area contributed by atoms with Gasteiger partial charge >= 0.3 is 0 Å². The third kappa shape index (κ3) is 3.44. The van der Waals surface area contributed by atoms with Crippen LogP contribution >= 0.6 is 0 Å². The Balaban J connectivity index is 3.06. The van der Waals surface area contributed by atoms with Gasteiger partial charge in [0.2, 0.25) is 5.91 Å². The zero-order chi connectivity index (χ0) is 13.8. The van der Waals surface area contributed by atoms with Gasteiger partial charge in [-0.2, -0.15) is 0 Å². The minimum absolute atomic E-state index is 0.0400. The molecule has 0 spiro atoms. The highest BCUT2D eigenvalue weighted by Crippen LogP contribution is 2.26. The molecular formula is C11H16N2O4S. The van der Waals surface area contributed by atoms with Crippen LogP contribution in [0.25, 0.3) is 0 Å². The number of phenols is 1. The molecule has 1 amide bonds. The molecule has 0 aliphatic carbocycles. The number of carbonyl (C=O) groups excluding carboxylic acids is 1. The molecule has 0 fully saturated rings. The molecule has 0 unspecified atom stereocenters. The molecule has 0 heterocycles. The third-order valence-electron chi connectivity index (χ3n) is 2.32. The second-order valence-electron chi connectivity index (χ2n) is 3.66. The van der Waals surface area contributed by atoms with Gasteiger partial charge in [0.05, 0.1) is 22.9 Å². The molecule has 0 aliphatic rings. The number of amides is 1. The molecule has 3 N–H and O–H groups in total. The molecule has 1 aromatic carbocycles. The molecular weight excluding hydrogens is 256 g/mol. The first-order chi connectivity index (χ1) is 8.40. The molecule has 6 nitrogen and oxygen atoms in total. The summed E-state index contributed by atoms with van der Waals surface area (Å²) >= 11 is 0. The predicted molar refractivity (Wildman–Crippen MR) is 68.4 cm³/mol. The zero-order valence-electron chi connectivity index (χ0n) is 10.2. The third-order valence-corrected chi connectivity index (χ3v) is 4.05. The largest absolute Gasteiger partial charge is 0.506 e. The Morgan fingerprint density at radius 1 is 1.39 bits per heavy atom. The van der Waals surface area contributed by atoms with E-state index in [9.17, 15) is 18.3 Å². The molecule has 0 saturated carbocycles. The maximum absolute atomic E-state index is 11.7. The zero-order valence-corrected chi connectivity index (χ0v) is 11.0. The Bertz CT molecular complexity index is 540. The van der Waals surface area contributed by atoms with Crippen LogP contribution in [0.4, 0.5) is 5.69 Å². The molecule has 0 aliphatic heterocycles. The number of nitrogens with one attached hydrogen (secondary N) is 2. The highest BCUT2D eigenvalue weighted by molar-refractivity contribution is 7.91. The van der Waals surface area contributed by atoms with E-state index < -0.39 is 9.84 Å². The molecule has 100 valence electrons. The van der Waals surface area contributed by atoms with E-state index >= 15 is 0 Å². The van der Waals surface area contributed by atoms with E-state index in [1.807, 2.05) is 0 Å². The Morgan fingerprint density at radius 3 is 2.61 bits per heavy atom. The molecule has 0 bridgehead atoms. The van der Waals surface area contributed by atoms with E-state index in [0.717, 1.165) is 0 Å². The number of carbonyl (C=O) groups is 1. The minimum atomic E-state index is -3.36. The van der Waals surface area contributed by atoms with Crippen LogP contribution in [0.2, 0.25) is 0 Å². The van der Waals surface area contributed by atoms with Gasteiger partial charge in [-0.15, -0.1) is 0 Å². The van der Waals surface area contributed by atoms with Gasteiger partial charge in [0.25, 0.3) is 0 Å². The lowest BCUT2D eigenvalue weighted by molar-refractivity contribution is -0.115. The van der Waals surface area contributed by atoms with Crippen LogP contribution in [-0.2, 0) is 14.6 Å². The van der Waals surface area contributed by atoms with Crippen LogP contribution in [0.5, 0.6) is 5.75 Å². The second-order valence-corrected chi connectivity index (χ2v) is 5.94. The summed E-state index contributed by atoms with van der Waals surface area (Å²) in [6.07, 6.45) is 0. The van der Waals surface area contributed by atoms with E-state index in [1.54, 1.807) is 7.05 Å². The van der Waals surface area contributed by atoms with Crippen molar-refractivity contribution in [3.8, 4) is 5.75 Å². The number of aromatic hydroxyl groups is 1. The Hall–Kier alpha value is -1.60. The van der Waals surface area contributed by atoms with Crippen LogP contribution < -0.4 is 10.6 Å². The summed E-state index contributed by atoms with van der Waals surface area (Å²) in [6.45, 7) is 1.60. The van der Waals surface area contributed by atoms with E-state index in [0.29, 0.717) is 0 Å². The molecule has 0 saturated heterocycles. The van der Waals surface area contributed by atoms with Gasteiger partial charge in [0.1, 0.15) is 5.75 Å². The van der Waals surface area contributed by atoms with Crippen LogP contribution in [0, 0.1) is 0 Å². The fourth-order valence-electron chi connectivity index (χ4n) is 1.33. The van der Waals surface area contributed by atoms with E-state index in [-0.39, 0.29) is 34.5 Å². The Labute approximate surface area is 106 Å². The van der Waals surface area contributed by atoms with Crippen LogP contribution in [0.1, 0.15) is 6.92 Å². The number of hydrogen-bond donors (Lipinski definition) is 3. The summed E-state index contributed by atoms with van der Waals surface area (Å²) in [4.78, 5) is 11.4. The molecule has 7 heteroatoms. The summed E-state index contributed by atoms with van der Waals surface area (Å²) in [5.74, 6) is -0.574. The molecule has 0 atom stereocenters. The highest BCUT2D eigenvalue weighted by Gasteiger charge is 2.14. The molecule has 1 rings (SSSR count). The van der Waals surface area contributed by atoms with Gasteiger partial charge in [-0.1, -0.05) is 6.92 Å². The van der Waals surface area contributed by atoms with Crippen molar-refractivity contribution >= 4 is 21.4 Å². The van der Waals surface area contributed by atoms with Gasteiger partial charge in [-0.25, -0.2) is 8.42 Å². The standard InChI is InChI=1S/C11H16N2O4S/c1-3-18(16,17)8-4-5-10(14)9(6-8)13-11(15)7-12-2/h4-6,12,14H,3,7H2,1-2H3,(H,13,15). The van der Waals surface area contributed by atoms with E-state index in [2.05, 4.69) is 10.6 Å². The van der Waals surface area contributed by atoms with Crippen molar-refractivity contribution in [2.45, 2.75) is 11.8 Å². The Kier molecular flexibility index (Phi) is 4.69. The van der Waals surface area contributed by atoms with Gasteiger partial charge in [0, 0.05) is 0 Å². The van der Waals surface area contributed by atoms with Crippen molar-refractivity contribution < 1.29 is 18.3 Å². The lowest BCUT2D eigenvalue weighted by Gasteiger charge is -2.09. The molecule has 18 heavy (non-hydrogen) atoms. The second kappa shape index (κ2) is 5.83. The first-order valence-corrected chi connectivity index (χ1v) is 7.06. The van der Waals surface area contributed by atoms with Crippen LogP contribution in [0.15, 0.2) is 23.1 Å². The van der Waals surface area contributed by atoms with Crippen molar-refractivity contribution in [1.29, 1.82) is 0 Å². The van der Waals surface area contributed by atoms with Crippen molar-refractivity contribution in [2.24, 2.45) is 0 Å². The van der Waals surface area contributed by atoms with Gasteiger partial charge in [-0.05, 0) is 25.2 Å². The van der Waals surface area contributed by atoms with Crippen molar-refractivity contribution in [3.63, 3.8) is 0 Å². The normalized spacial score (nSPS) is 11.2. The van der Waals surface area contributed by atoms with E-state index in [1.165, 1.54) is 25.1 Å². The fourth-order valence-corrected chi connectivity index (χ4v) is 2.24. The average Bonchev–Trinajstić information content (AvgIpc) is 2.32. The first-order valence-electron chi connectivity index (χ1n) is 5.41. The average molecular weight is 272 g/mol. The number of rotatable bonds is 5. The van der Waals surface area contributed by atoms with Gasteiger partial charge in [0.15, 0.2) is 9.84 Å². The summed E-state index contributed by atoms with van der Waals surface area (Å²) < 4.78 is 23.3. The predicted octanol–water partition coefficient (Wildman–Crippen LogP) is 0.344. The summed E-state index contributed by atoms with van der Waals surface area (Å²) in [5.41, 5.74) is 0.0878. The molecule has 1 aromatic rings. The SMILES string of the molecule is CCS(=O)(=O)c1ccc(O)c(NC(=O)CNC)c1. The monoisotopic (exact) mass is 272 g/mol. The van der Waals surface area contributed by atoms with Crippen molar-refractivity contribution in [1.82, 2.24) is 5.32 Å². The lowest BCUT2D eigenvalue weighted by Crippen LogP contribution is -2.25. The van der Waals surface area contributed by atoms with Crippen LogP contribution in [0.3, 0.4) is 0 Å². The fraction of sp³-hybridized carbons (Fsp3) is 0.364. The lowest BCUT2D eigenvalue weighted by atomic mass is 10.3. The molecule has 0 radical (unpaired) electrons.